The van der Waals surface area contributed by atoms with Gasteiger partial charge in [0.05, 0.1) is 13.2 Å². The van der Waals surface area contributed by atoms with Crippen molar-refractivity contribution < 1.29 is 9.53 Å². The van der Waals surface area contributed by atoms with Gasteiger partial charge in [0.15, 0.2) is 0 Å². The summed E-state index contributed by atoms with van der Waals surface area (Å²) < 4.78 is 4.85. The molecule has 0 bridgehead atoms. The van der Waals surface area contributed by atoms with Crippen LogP contribution < -0.4 is 10.6 Å². The number of amides is 1. The lowest BCUT2D eigenvalue weighted by Crippen LogP contribution is -2.32. The minimum Gasteiger partial charge on any atom is -0.383 e. The molecule has 0 atom stereocenters. The molecule has 0 heterocycles. The first-order valence-corrected chi connectivity index (χ1v) is 5.84. The van der Waals surface area contributed by atoms with Crippen molar-refractivity contribution in [2.45, 2.75) is 13.3 Å². The lowest BCUT2D eigenvalue weighted by atomic mass is 10.1. The first kappa shape index (κ1) is 13.5. The highest BCUT2D eigenvalue weighted by Crippen LogP contribution is 2.09. The monoisotopic (exact) mass is 236 g/mol. The number of rotatable bonds is 7. The Bertz CT molecular complexity index is 336. The molecule has 17 heavy (non-hydrogen) atoms. The van der Waals surface area contributed by atoms with Crippen molar-refractivity contribution >= 4 is 11.6 Å². The van der Waals surface area contributed by atoms with Crippen LogP contribution >= 0.6 is 0 Å². The van der Waals surface area contributed by atoms with Gasteiger partial charge < -0.3 is 15.4 Å². The maximum absolute atomic E-state index is 11.4. The van der Waals surface area contributed by atoms with Gasteiger partial charge in [0.2, 0.25) is 5.91 Å². The van der Waals surface area contributed by atoms with Crippen molar-refractivity contribution in [3.8, 4) is 0 Å². The molecule has 0 saturated carbocycles. The quantitative estimate of drug-likeness (QED) is 0.704. The number of ether oxygens (including phenoxy) is 1. The average Bonchev–Trinajstić information content (AvgIpc) is 2.37. The van der Waals surface area contributed by atoms with Gasteiger partial charge in [0.1, 0.15) is 0 Å². The molecular formula is C13H20N2O2. The number of anilines is 1. The molecule has 4 nitrogen and oxygen atoms in total. The topological polar surface area (TPSA) is 50.4 Å². The van der Waals surface area contributed by atoms with Crippen molar-refractivity contribution in [2.75, 3.05) is 32.1 Å². The van der Waals surface area contributed by atoms with Gasteiger partial charge in [-0.1, -0.05) is 19.1 Å². The van der Waals surface area contributed by atoms with Crippen LogP contribution in [-0.4, -0.2) is 32.7 Å². The van der Waals surface area contributed by atoms with Crippen LogP contribution in [0.1, 0.15) is 12.5 Å². The van der Waals surface area contributed by atoms with Gasteiger partial charge in [-0.3, -0.25) is 4.79 Å². The van der Waals surface area contributed by atoms with Crippen molar-refractivity contribution in [1.29, 1.82) is 0 Å². The molecule has 0 aliphatic rings. The van der Waals surface area contributed by atoms with Crippen LogP contribution in [0.2, 0.25) is 0 Å². The Hall–Kier alpha value is -1.55. The summed E-state index contributed by atoms with van der Waals surface area (Å²) in [5.74, 6) is -0.0263. The fraction of sp³-hybridized carbons (Fsp3) is 0.462. The number of carbonyl (C=O) groups is 1. The van der Waals surface area contributed by atoms with Gasteiger partial charge in [-0.15, -0.1) is 0 Å². The smallest absolute Gasteiger partial charge is 0.239 e. The number of aryl methyl sites for hydroxylation is 1. The van der Waals surface area contributed by atoms with Gasteiger partial charge in [0, 0.05) is 19.3 Å². The molecular weight excluding hydrogens is 216 g/mol. The SMILES string of the molecule is CCc1ccc(NCC(=O)NCCOC)cc1. The first-order chi connectivity index (χ1) is 8.26. The molecule has 4 heteroatoms. The highest BCUT2D eigenvalue weighted by molar-refractivity contribution is 5.80. The molecule has 0 radical (unpaired) electrons. The second kappa shape index (κ2) is 7.68. The van der Waals surface area contributed by atoms with E-state index in [9.17, 15) is 4.79 Å². The zero-order chi connectivity index (χ0) is 12.5. The average molecular weight is 236 g/mol. The van der Waals surface area contributed by atoms with E-state index in [-0.39, 0.29) is 12.5 Å². The van der Waals surface area contributed by atoms with Gasteiger partial charge in [0.25, 0.3) is 0 Å². The minimum atomic E-state index is -0.0263. The van der Waals surface area contributed by atoms with Crippen LogP contribution in [0, 0.1) is 0 Å². The molecule has 0 saturated heterocycles. The first-order valence-electron chi connectivity index (χ1n) is 5.84. The molecule has 1 amide bonds. The zero-order valence-corrected chi connectivity index (χ0v) is 10.5. The van der Waals surface area contributed by atoms with Gasteiger partial charge in [-0.25, -0.2) is 0 Å². The maximum atomic E-state index is 11.4. The van der Waals surface area contributed by atoms with Crippen molar-refractivity contribution in [2.24, 2.45) is 0 Å². The van der Waals surface area contributed by atoms with Crippen LogP contribution in [-0.2, 0) is 16.0 Å². The van der Waals surface area contributed by atoms with Gasteiger partial charge >= 0.3 is 0 Å². The molecule has 0 aromatic heterocycles. The Morgan fingerprint density at radius 2 is 2.00 bits per heavy atom. The van der Waals surface area contributed by atoms with E-state index in [1.54, 1.807) is 7.11 Å². The molecule has 1 rings (SSSR count). The number of benzene rings is 1. The molecule has 2 N–H and O–H groups in total. The normalized spacial score (nSPS) is 10.0. The summed E-state index contributed by atoms with van der Waals surface area (Å²) in [5.41, 5.74) is 2.25. The van der Waals surface area contributed by atoms with Crippen molar-refractivity contribution in [3.63, 3.8) is 0 Å². The third-order valence-corrected chi connectivity index (χ3v) is 2.44. The lowest BCUT2D eigenvalue weighted by molar-refractivity contribution is -0.119. The van der Waals surface area contributed by atoms with Crippen molar-refractivity contribution in [3.05, 3.63) is 29.8 Å². The summed E-state index contributed by atoms with van der Waals surface area (Å²) in [6, 6.07) is 8.10. The highest BCUT2D eigenvalue weighted by Gasteiger charge is 1.99. The summed E-state index contributed by atoms with van der Waals surface area (Å²) in [6.45, 7) is 3.49. The third-order valence-electron chi connectivity index (χ3n) is 2.44. The second-order valence-electron chi connectivity index (χ2n) is 3.75. The molecule has 0 fully saturated rings. The van der Waals surface area contributed by atoms with E-state index in [1.807, 2.05) is 12.1 Å². The van der Waals surface area contributed by atoms with E-state index in [0.29, 0.717) is 13.2 Å². The molecule has 0 aliphatic carbocycles. The Kier molecular flexibility index (Phi) is 6.10. The fourth-order valence-electron chi connectivity index (χ4n) is 1.40. The minimum absolute atomic E-state index is 0.0263. The molecule has 0 unspecified atom stereocenters. The summed E-state index contributed by atoms with van der Waals surface area (Å²) in [5, 5.41) is 5.82. The number of nitrogens with one attached hydrogen (secondary N) is 2. The highest BCUT2D eigenvalue weighted by atomic mass is 16.5. The van der Waals surface area contributed by atoms with Crippen LogP contribution in [0.5, 0.6) is 0 Å². The number of methoxy groups -OCH3 is 1. The molecule has 1 aromatic rings. The summed E-state index contributed by atoms with van der Waals surface area (Å²) in [4.78, 5) is 11.4. The second-order valence-corrected chi connectivity index (χ2v) is 3.75. The van der Waals surface area contributed by atoms with E-state index >= 15 is 0 Å². The number of hydrogen-bond acceptors (Lipinski definition) is 3. The maximum Gasteiger partial charge on any atom is 0.239 e. The Morgan fingerprint density at radius 3 is 2.59 bits per heavy atom. The Balaban J connectivity index is 2.27. The number of carbonyl (C=O) groups excluding carboxylic acids is 1. The third kappa shape index (κ3) is 5.36. The lowest BCUT2D eigenvalue weighted by Gasteiger charge is -2.07. The summed E-state index contributed by atoms with van der Waals surface area (Å²) in [6.07, 6.45) is 1.03. The van der Waals surface area contributed by atoms with Crippen LogP contribution in [0.15, 0.2) is 24.3 Å². The van der Waals surface area contributed by atoms with E-state index in [0.717, 1.165) is 12.1 Å². The molecule has 0 aliphatic heterocycles. The van der Waals surface area contributed by atoms with Crippen LogP contribution in [0.3, 0.4) is 0 Å². The van der Waals surface area contributed by atoms with Crippen LogP contribution in [0.4, 0.5) is 5.69 Å². The zero-order valence-electron chi connectivity index (χ0n) is 10.5. The summed E-state index contributed by atoms with van der Waals surface area (Å²) >= 11 is 0. The predicted molar refractivity (Wildman–Crippen MR) is 69.2 cm³/mol. The Morgan fingerprint density at radius 1 is 1.29 bits per heavy atom. The van der Waals surface area contributed by atoms with Gasteiger partial charge in [-0.2, -0.15) is 0 Å². The van der Waals surface area contributed by atoms with Gasteiger partial charge in [-0.05, 0) is 24.1 Å². The van der Waals surface area contributed by atoms with E-state index in [1.165, 1.54) is 5.56 Å². The van der Waals surface area contributed by atoms with Crippen LogP contribution in [0.25, 0.3) is 0 Å². The van der Waals surface area contributed by atoms with E-state index < -0.39 is 0 Å². The van der Waals surface area contributed by atoms with Crippen molar-refractivity contribution in [1.82, 2.24) is 5.32 Å². The largest absolute Gasteiger partial charge is 0.383 e. The Labute approximate surface area is 102 Å². The number of hydrogen-bond donors (Lipinski definition) is 2. The molecule has 94 valence electrons. The fourth-order valence-corrected chi connectivity index (χ4v) is 1.40. The molecule has 1 aromatic carbocycles. The van der Waals surface area contributed by atoms with E-state index in [2.05, 4.69) is 29.7 Å². The van der Waals surface area contributed by atoms with E-state index in [4.69, 9.17) is 4.74 Å². The summed E-state index contributed by atoms with van der Waals surface area (Å²) in [7, 11) is 1.61. The predicted octanol–water partition coefficient (Wildman–Crippen LogP) is 1.42. The molecule has 0 spiro atoms. The standard InChI is InChI=1S/C13H20N2O2/c1-3-11-4-6-12(7-5-11)15-10-13(16)14-8-9-17-2/h4-7,15H,3,8-10H2,1-2H3,(H,14,16).